The second-order valence-corrected chi connectivity index (χ2v) is 14.0. The van der Waals surface area contributed by atoms with Gasteiger partial charge in [-0.25, -0.2) is 23.3 Å². The van der Waals surface area contributed by atoms with Crippen LogP contribution in [0.1, 0.15) is 37.7 Å². The normalized spacial score (nSPS) is 22.1. The molecule has 274 valence electrons. The average molecular weight is 721 g/mol. The fraction of sp³-hybridized carbons (Fsp3) is 0.562. The van der Waals surface area contributed by atoms with Crippen LogP contribution in [0.2, 0.25) is 0 Å². The van der Waals surface area contributed by atoms with Gasteiger partial charge in [-0.05, 0) is 49.4 Å². The first-order valence-corrected chi connectivity index (χ1v) is 18.0. The Morgan fingerprint density at radius 2 is 1.90 bits per heavy atom. The van der Waals surface area contributed by atoms with Crippen molar-refractivity contribution in [3.05, 3.63) is 70.3 Å². The van der Waals surface area contributed by atoms with Crippen molar-refractivity contribution in [1.29, 1.82) is 0 Å². The molecule has 0 bridgehead atoms. The zero-order chi connectivity index (χ0) is 35.5. The zero-order valence-electron chi connectivity index (χ0n) is 27.7. The number of aliphatic hydroxyl groups excluding tert-OH is 1. The molecule has 0 aromatic heterocycles. The first-order valence-electron chi connectivity index (χ1n) is 16.6. The molecule has 50 heavy (non-hydrogen) atoms. The molecule has 2 heterocycles. The monoisotopic (exact) mass is 720 g/mol. The van der Waals surface area contributed by atoms with Crippen molar-refractivity contribution in [3.63, 3.8) is 0 Å². The van der Waals surface area contributed by atoms with Gasteiger partial charge in [-0.2, -0.15) is 0 Å². The number of rotatable bonds is 16. The van der Waals surface area contributed by atoms with Gasteiger partial charge in [-0.3, -0.25) is 4.84 Å². The standard InChI is InChI=1S/C32H44N6O11S/c1-45-31(36-38(41)42)34-16-15-33-23-10-7-13-25(19-23)50(43,44)37(49-24-11-5-6-12-24)20-28(39)27(18-22-8-3-2-4-9-22)35-32(40)48-29-21-47-30-26(29)14-17-46-30/h2-4,7-10,13,19,24,26-30,33,39H,5-6,11-12,14-18,20-21H2,1H3,(H,34,36)(H,35,40)/t26-,27+,28-,29-,30+/m1/s1. The van der Waals surface area contributed by atoms with E-state index in [2.05, 4.69) is 21.1 Å². The van der Waals surface area contributed by atoms with Crippen LogP contribution in [-0.2, 0) is 40.2 Å². The SMILES string of the molecule is COC(=N[N+](=O)[O-])NCCNc1cccc(S(=O)(=O)N(C[C@@H](O)[C@H](Cc2ccccc2)NC(=O)O[C@@H]2CO[C@@H]3OCC[C@@H]32)OC2CCCC2)c1. The van der Waals surface area contributed by atoms with E-state index in [1.807, 2.05) is 30.3 Å². The molecule has 3 fully saturated rings. The quantitative estimate of drug-likeness (QED) is 0.0645. The van der Waals surface area contributed by atoms with Crippen molar-refractivity contribution < 1.29 is 47.1 Å². The van der Waals surface area contributed by atoms with E-state index < -0.39 is 52.2 Å². The lowest BCUT2D eigenvalue weighted by atomic mass is 10.0. The molecule has 2 aliphatic heterocycles. The third kappa shape index (κ3) is 10.2. The largest absolute Gasteiger partial charge is 0.464 e. The van der Waals surface area contributed by atoms with Crippen LogP contribution in [-0.4, -0.2) is 106 Å². The lowest BCUT2D eigenvalue weighted by Crippen LogP contribution is -2.51. The Labute approximate surface area is 290 Å². The number of alkyl carbamates (subject to hydrolysis) is 1. The third-order valence-corrected chi connectivity index (χ3v) is 10.3. The van der Waals surface area contributed by atoms with Crippen molar-refractivity contribution in [2.75, 3.05) is 45.3 Å². The molecule has 5 rings (SSSR count). The average Bonchev–Trinajstić information content (AvgIpc) is 3.87. The summed E-state index contributed by atoms with van der Waals surface area (Å²) in [5.74, 6) is -0.0783. The molecular weight excluding hydrogens is 676 g/mol. The van der Waals surface area contributed by atoms with E-state index in [4.69, 9.17) is 23.8 Å². The molecule has 17 nitrogen and oxygen atoms in total. The van der Waals surface area contributed by atoms with Crippen LogP contribution in [0.5, 0.6) is 0 Å². The molecule has 0 spiro atoms. The summed E-state index contributed by atoms with van der Waals surface area (Å²) in [5, 5.41) is 32.9. The van der Waals surface area contributed by atoms with Gasteiger partial charge >= 0.3 is 12.1 Å². The molecule has 3 aliphatic rings. The molecule has 1 aliphatic carbocycles. The Morgan fingerprint density at radius 1 is 1.12 bits per heavy atom. The van der Waals surface area contributed by atoms with E-state index >= 15 is 0 Å². The lowest BCUT2D eigenvalue weighted by Gasteiger charge is -2.31. The molecule has 1 amide bonds. The molecule has 18 heteroatoms. The van der Waals surface area contributed by atoms with Gasteiger partial charge < -0.3 is 40.0 Å². The highest BCUT2D eigenvalue weighted by Gasteiger charge is 2.44. The summed E-state index contributed by atoms with van der Waals surface area (Å²) in [6, 6.07) is 14.1. The molecule has 0 unspecified atom stereocenters. The van der Waals surface area contributed by atoms with Crippen LogP contribution in [0.25, 0.3) is 0 Å². The highest BCUT2D eigenvalue weighted by Crippen LogP contribution is 2.33. The third-order valence-electron chi connectivity index (χ3n) is 8.71. The topological polar surface area (TPSA) is 212 Å². The number of hydrogen-bond acceptors (Lipinski definition) is 12. The summed E-state index contributed by atoms with van der Waals surface area (Å²) in [5.41, 5.74) is 1.27. The maximum absolute atomic E-state index is 14.1. The second-order valence-electron chi connectivity index (χ2n) is 12.2. The van der Waals surface area contributed by atoms with Crippen LogP contribution in [0, 0.1) is 16.0 Å². The Morgan fingerprint density at radius 3 is 2.64 bits per heavy atom. The van der Waals surface area contributed by atoms with E-state index in [0.29, 0.717) is 31.6 Å². The van der Waals surface area contributed by atoms with Gasteiger partial charge in [-0.1, -0.05) is 53.7 Å². The minimum Gasteiger partial charge on any atom is -0.464 e. The number of ether oxygens (including phenoxy) is 4. The first-order chi connectivity index (χ1) is 24.1. The molecular formula is C32H44N6O11S. The summed E-state index contributed by atoms with van der Waals surface area (Å²) in [4.78, 5) is 29.8. The van der Waals surface area contributed by atoms with Gasteiger partial charge in [0.2, 0.25) is 0 Å². The Bertz CT molecular complexity index is 1560. The number of methoxy groups -OCH3 is 1. The number of nitrogens with zero attached hydrogens (tertiary/aromatic N) is 3. The van der Waals surface area contributed by atoms with E-state index in [0.717, 1.165) is 22.9 Å². The lowest BCUT2D eigenvalue weighted by molar-refractivity contribution is -0.486. The fourth-order valence-electron chi connectivity index (χ4n) is 6.14. The van der Waals surface area contributed by atoms with Crippen LogP contribution < -0.4 is 16.0 Å². The number of amides is 1. The minimum atomic E-state index is -4.32. The molecule has 2 aromatic carbocycles. The number of nitro groups is 1. The van der Waals surface area contributed by atoms with Gasteiger partial charge in [0.15, 0.2) is 11.3 Å². The van der Waals surface area contributed by atoms with E-state index in [1.165, 1.54) is 19.2 Å². The number of fused-ring (bicyclic) bond motifs is 1. The summed E-state index contributed by atoms with van der Waals surface area (Å²) in [6.07, 6.45) is 0.538. The number of sulfonamides is 1. The second kappa shape index (κ2) is 17.7. The van der Waals surface area contributed by atoms with Crippen molar-refractivity contribution in [3.8, 4) is 0 Å². The number of benzene rings is 2. The number of anilines is 1. The van der Waals surface area contributed by atoms with Gasteiger partial charge in [-0.15, -0.1) is 0 Å². The van der Waals surface area contributed by atoms with Crippen LogP contribution in [0.4, 0.5) is 10.5 Å². The number of carbonyl (C=O) groups is 1. The number of hydrazone groups is 1. The number of aliphatic hydroxyl groups is 1. The van der Waals surface area contributed by atoms with Crippen molar-refractivity contribution in [1.82, 2.24) is 15.1 Å². The predicted octanol–water partition coefficient (Wildman–Crippen LogP) is 2.21. The van der Waals surface area contributed by atoms with Crippen LogP contribution in [0.3, 0.4) is 0 Å². The molecule has 4 N–H and O–H groups in total. The number of amidine groups is 1. The van der Waals surface area contributed by atoms with Crippen LogP contribution in [0.15, 0.2) is 64.6 Å². The first kappa shape index (κ1) is 37.2. The van der Waals surface area contributed by atoms with Crippen molar-refractivity contribution in [2.45, 2.75) is 74.1 Å². The summed E-state index contributed by atoms with van der Waals surface area (Å²) >= 11 is 0. The maximum atomic E-state index is 14.1. The summed E-state index contributed by atoms with van der Waals surface area (Å²) < 4.78 is 50.7. The van der Waals surface area contributed by atoms with Gasteiger partial charge in [0.1, 0.15) is 11.2 Å². The molecule has 2 aromatic rings. The van der Waals surface area contributed by atoms with Crippen molar-refractivity contribution in [2.24, 2.45) is 11.0 Å². The predicted molar refractivity (Wildman–Crippen MR) is 179 cm³/mol. The Hall–Kier alpha value is -4.07. The number of hydroxylamine groups is 1. The zero-order valence-corrected chi connectivity index (χ0v) is 28.5. The molecule has 5 atom stereocenters. The van der Waals surface area contributed by atoms with E-state index in [-0.39, 0.29) is 49.1 Å². The molecule has 0 radical (unpaired) electrons. The highest BCUT2D eigenvalue weighted by molar-refractivity contribution is 7.89. The molecule has 2 saturated heterocycles. The van der Waals surface area contributed by atoms with Gasteiger partial charge in [0.25, 0.3) is 10.0 Å². The Balaban J connectivity index is 1.29. The number of nitrogens with one attached hydrogen (secondary N) is 3. The number of carbonyl (C=O) groups excluding carboxylic acids is 1. The van der Waals surface area contributed by atoms with E-state index in [1.54, 1.807) is 12.1 Å². The van der Waals surface area contributed by atoms with Gasteiger partial charge in [0.05, 0.1) is 55.9 Å². The minimum absolute atomic E-state index is 0.0783. The van der Waals surface area contributed by atoms with Gasteiger partial charge in [0, 0.05) is 18.8 Å². The fourth-order valence-corrected chi connectivity index (χ4v) is 7.49. The highest BCUT2D eigenvalue weighted by atomic mass is 32.2. The maximum Gasteiger partial charge on any atom is 0.407 e. The summed E-state index contributed by atoms with van der Waals surface area (Å²) in [7, 11) is -3.08. The van der Waals surface area contributed by atoms with Crippen molar-refractivity contribution >= 4 is 27.8 Å². The Kier molecular flexibility index (Phi) is 13.2. The number of hydrogen-bond donors (Lipinski definition) is 4. The van der Waals surface area contributed by atoms with E-state index in [9.17, 15) is 28.4 Å². The summed E-state index contributed by atoms with van der Waals surface area (Å²) in [6.45, 7) is 0.671. The molecule has 1 saturated carbocycles. The smallest absolute Gasteiger partial charge is 0.407 e. The van der Waals surface area contributed by atoms with Crippen LogP contribution >= 0.6 is 0 Å².